The number of benzene rings is 1. The van der Waals surface area contributed by atoms with Crippen molar-refractivity contribution in [3.05, 3.63) is 54.7 Å². The molecule has 0 aliphatic rings. The second-order valence-electron chi connectivity index (χ2n) is 3.78. The number of carbonyl (C=O) groups excluding carboxylic acids is 1. The number of carbonyl (C=O) groups is 1. The summed E-state index contributed by atoms with van der Waals surface area (Å²) in [4.78, 5) is 11.8. The first-order valence-corrected chi connectivity index (χ1v) is 7.75. The minimum Gasteiger partial charge on any atom is -0.352 e. The maximum absolute atomic E-state index is 11.8. The van der Waals surface area contributed by atoms with Crippen LogP contribution in [0.2, 0.25) is 5.02 Å². The lowest BCUT2D eigenvalue weighted by molar-refractivity contribution is 0.0954. The van der Waals surface area contributed by atoms with Crippen molar-refractivity contribution in [2.24, 2.45) is 0 Å². The van der Waals surface area contributed by atoms with E-state index in [1.807, 2.05) is 35.7 Å². The van der Waals surface area contributed by atoms with Gasteiger partial charge in [0.2, 0.25) is 0 Å². The van der Waals surface area contributed by atoms with Gasteiger partial charge in [0, 0.05) is 16.9 Å². The Morgan fingerprint density at radius 2 is 2.22 bits per heavy atom. The van der Waals surface area contributed by atoms with Crippen molar-refractivity contribution in [2.45, 2.75) is 6.42 Å². The molecule has 0 fully saturated rings. The molecule has 94 valence electrons. The number of hydrogen-bond donors (Lipinski definition) is 1. The van der Waals surface area contributed by atoms with Crippen molar-refractivity contribution in [2.75, 3.05) is 6.54 Å². The highest BCUT2D eigenvalue weighted by molar-refractivity contribution is 14.1. The van der Waals surface area contributed by atoms with Gasteiger partial charge in [-0.2, -0.15) is 0 Å². The molecule has 0 saturated heterocycles. The van der Waals surface area contributed by atoms with Crippen LogP contribution >= 0.6 is 45.5 Å². The van der Waals surface area contributed by atoms with Gasteiger partial charge in [-0.1, -0.05) is 23.7 Å². The Kier molecular flexibility index (Phi) is 5.03. The Morgan fingerprint density at radius 1 is 1.39 bits per heavy atom. The van der Waals surface area contributed by atoms with E-state index in [1.165, 1.54) is 0 Å². The first-order valence-electron chi connectivity index (χ1n) is 5.42. The van der Waals surface area contributed by atoms with Crippen LogP contribution in [0.5, 0.6) is 0 Å². The van der Waals surface area contributed by atoms with E-state index in [0.29, 0.717) is 6.54 Å². The molecule has 2 nitrogen and oxygen atoms in total. The van der Waals surface area contributed by atoms with Crippen LogP contribution in [0.3, 0.4) is 0 Å². The molecule has 1 aromatic carbocycles. The van der Waals surface area contributed by atoms with Crippen LogP contribution in [-0.4, -0.2) is 12.5 Å². The lowest BCUT2D eigenvalue weighted by Crippen LogP contribution is -2.25. The molecule has 1 aromatic heterocycles. The third-order valence-corrected chi connectivity index (χ3v) is 4.44. The van der Waals surface area contributed by atoms with Gasteiger partial charge < -0.3 is 5.32 Å². The summed E-state index contributed by atoms with van der Waals surface area (Å²) in [5.74, 6) is -0.0174. The van der Waals surface area contributed by atoms with Crippen molar-refractivity contribution in [3.63, 3.8) is 0 Å². The minimum absolute atomic E-state index is 0.0174. The van der Waals surface area contributed by atoms with Crippen LogP contribution in [0.15, 0.2) is 35.7 Å². The number of amides is 1. The van der Waals surface area contributed by atoms with Crippen molar-refractivity contribution in [3.8, 4) is 0 Å². The first kappa shape index (κ1) is 13.8. The molecule has 0 saturated carbocycles. The molecule has 0 radical (unpaired) electrons. The van der Waals surface area contributed by atoms with Crippen molar-refractivity contribution in [1.82, 2.24) is 5.32 Å². The third-order valence-electron chi connectivity index (χ3n) is 2.42. The Hall–Kier alpha value is -0.590. The molecule has 5 heteroatoms. The molecule has 2 rings (SSSR count). The monoisotopic (exact) mass is 391 g/mol. The zero-order valence-electron chi connectivity index (χ0n) is 9.45. The van der Waals surface area contributed by atoms with Crippen molar-refractivity contribution < 1.29 is 4.79 Å². The molecule has 18 heavy (non-hydrogen) atoms. The summed E-state index contributed by atoms with van der Waals surface area (Å²) in [6.07, 6.45) is 0.785. The predicted octanol–water partition coefficient (Wildman–Crippen LogP) is 3.98. The molecule has 2 aromatic rings. The highest BCUT2D eigenvalue weighted by Crippen LogP contribution is 2.16. The smallest absolute Gasteiger partial charge is 0.252 e. The average molecular weight is 392 g/mol. The number of hydrogen-bond acceptors (Lipinski definition) is 2. The molecule has 1 amide bonds. The van der Waals surface area contributed by atoms with E-state index in [1.54, 1.807) is 11.3 Å². The Bertz CT molecular complexity index is 555. The number of rotatable bonds is 4. The second-order valence-corrected chi connectivity index (χ2v) is 7.02. The van der Waals surface area contributed by atoms with Crippen LogP contribution in [0, 0.1) is 2.88 Å². The molecule has 0 aliphatic carbocycles. The van der Waals surface area contributed by atoms with Gasteiger partial charge in [0.1, 0.15) is 0 Å². The van der Waals surface area contributed by atoms with Gasteiger partial charge in [0.25, 0.3) is 5.91 Å². The predicted molar refractivity (Wildman–Crippen MR) is 84.5 cm³/mol. The van der Waals surface area contributed by atoms with Crippen LogP contribution in [0.4, 0.5) is 0 Å². The van der Waals surface area contributed by atoms with E-state index in [2.05, 4.69) is 27.9 Å². The second kappa shape index (κ2) is 6.54. The summed E-state index contributed by atoms with van der Waals surface area (Å²) in [7, 11) is 0. The minimum atomic E-state index is -0.0174. The molecule has 0 spiro atoms. The summed E-state index contributed by atoms with van der Waals surface area (Å²) < 4.78 is 1.12. The van der Waals surface area contributed by atoms with Gasteiger partial charge in [-0.15, -0.1) is 11.3 Å². The summed E-state index contributed by atoms with van der Waals surface area (Å²) in [6.45, 7) is 0.617. The Balaban J connectivity index is 1.84. The van der Waals surface area contributed by atoms with E-state index < -0.39 is 0 Å². The maximum atomic E-state index is 11.8. The average Bonchev–Trinajstić information content (AvgIpc) is 2.76. The summed E-state index contributed by atoms with van der Waals surface area (Å²) in [5.41, 5.74) is 1.86. The molecule has 0 bridgehead atoms. The number of thiophene rings is 1. The van der Waals surface area contributed by atoms with E-state index in [-0.39, 0.29) is 5.91 Å². The summed E-state index contributed by atoms with van der Waals surface area (Å²) in [5, 5.41) is 5.50. The quantitative estimate of drug-likeness (QED) is 0.785. The van der Waals surface area contributed by atoms with Gasteiger partial charge in [-0.05, 0) is 52.8 Å². The fraction of sp³-hybridized carbons (Fsp3) is 0.154. The zero-order valence-corrected chi connectivity index (χ0v) is 13.2. The number of halogens is 2. The van der Waals surface area contributed by atoms with E-state index in [0.717, 1.165) is 25.5 Å². The molecular weight excluding hydrogens is 381 g/mol. The van der Waals surface area contributed by atoms with E-state index >= 15 is 0 Å². The largest absolute Gasteiger partial charge is 0.352 e. The summed E-state index contributed by atoms with van der Waals surface area (Å²) >= 11 is 9.68. The first-order chi connectivity index (χ1) is 8.65. The fourth-order valence-corrected chi connectivity index (χ4v) is 3.08. The normalized spacial score (nSPS) is 10.3. The lowest BCUT2D eigenvalue weighted by atomic mass is 10.1. The Labute approximate surface area is 129 Å². The fourth-order valence-electron chi connectivity index (χ4n) is 1.54. The van der Waals surface area contributed by atoms with Crippen LogP contribution in [0.1, 0.15) is 15.9 Å². The van der Waals surface area contributed by atoms with Gasteiger partial charge in [0.05, 0.1) is 8.45 Å². The van der Waals surface area contributed by atoms with E-state index in [9.17, 15) is 4.79 Å². The lowest BCUT2D eigenvalue weighted by Gasteiger charge is -2.04. The molecular formula is C13H11ClINOS. The maximum Gasteiger partial charge on any atom is 0.252 e. The number of nitrogens with one attached hydrogen (secondary N) is 1. The molecule has 0 atom stereocenters. The molecule has 1 heterocycles. The van der Waals surface area contributed by atoms with Gasteiger partial charge in [-0.3, -0.25) is 4.79 Å². The summed E-state index contributed by atoms with van der Waals surface area (Å²) in [6, 6.07) is 9.57. The van der Waals surface area contributed by atoms with Crippen molar-refractivity contribution in [1.29, 1.82) is 0 Å². The van der Waals surface area contributed by atoms with Crippen LogP contribution in [-0.2, 0) is 6.42 Å². The zero-order chi connectivity index (χ0) is 13.0. The third kappa shape index (κ3) is 3.96. The van der Waals surface area contributed by atoms with Crippen LogP contribution in [0.25, 0.3) is 0 Å². The van der Waals surface area contributed by atoms with Gasteiger partial charge >= 0.3 is 0 Å². The van der Waals surface area contributed by atoms with Gasteiger partial charge in [-0.25, -0.2) is 0 Å². The van der Waals surface area contributed by atoms with E-state index in [4.69, 9.17) is 11.6 Å². The highest BCUT2D eigenvalue weighted by atomic mass is 127. The van der Waals surface area contributed by atoms with Crippen LogP contribution < -0.4 is 5.32 Å². The van der Waals surface area contributed by atoms with Gasteiger partial charge in [0.15, 0.2) is 0 Å². The van der Waals surface area contributed by atoms with Crippen molar-refractivity contribution >= 4 is 51.4 Å². The highest BCUT2D eigenvalue weighted by Gasteiger charge is 2.06. The molecule has 0 unspecified atom stereocenters. The molecule has 1 N–H and O–H groups in total. The SMILES string of the molecule is O=C(NCCc1cccc(Cl)c1)c1csc(I)c1. The molecule has 0 aliphatic heterocycles. The standard InChI is InChI=1S/C13H11ClINOS/c14-11-3-1-2-9(6-11)4-5-16-13(17)10-7-12(15)18-8-10/h1-3,6-8H,4-5H2,(H,16,17). The Morgan fingerprint density at radius 3 is 2.89 bits per heavy atom. The topological polar surface area (TPSA) is 29.1 Å².